The molecule has 0 bridgehead atoms. The van der Waals surface area contributed by atoms with Gasteiger partial charge in [0.25, 0.3) is 0 Å². The van der Waals surface area contributed by atoms with Crippen molar-refractivity contribution in [3.63, 3.8) is 0 Å². The van der Waals surface area contributed by atoms with Crippen LogP contribution in [0.25, 0.3) is 11.0 Å². The van der Waals surface area contributed by atoms with Crippen LogP contribution in [-0.2, 0) is 11.3 Å². The largest absolute Gasteiger partial charge is 0.464 e. The number of pyridine rings is 1. The van der Waals surface area contributed by atoms with Gasteiger partial charge in [0.05, 0.1) is 19.0 Å². The summed E-state index contributed by atoms with van der Waals surface area (Å²) in [5.41, 5.74) is 2.39. The minimum Gasteiger partial charge on any atom is -0.464 e. The quantitative estimate of drug-likeness (QED) is 0.693. The molecule has 21 heavy (non-hydrogen) atoms. The van der Waals surface area contributed by atoms with Gasteiger partial charge in [0.1, 0.15) is 11.3 Å². The van der Waals surface area contributed by atoms with Crippen molar-refractivity contribution >= 4 is 17.0 Å². The molecule has 2 aromatic heterocycles. The highest BCUT2D eigenvalue weighted by Gasteiger charge is 2.15. The Morgan fingerprint density at radius 1 is 1.24 bits per heavy atom. The highest BCUT2D eigenvalue weighted by atomic mass is 19.1. The molecular weight excluding hydrogens is 273 g/mol. The highest BCUT2D eigenvalue weighted by Crippen LogP contribution is 2.17. The zero-order chi connectivity index (χ0) is 14.8. The van der Waals surface area contributed by atoms with Crippen molar-refractivity contribution in [1.82, 2.24) is 14.5 Å². The van der Waals surface area contributed by atoms with E-state index in [1.807, 2.05) is 4.57 Å². The number of methoxy groups -OCH3 is 1. The van der Waals surface area contributed by atoms with Crippen LogP contribution in [0.2, 0.25) is 0 Å². The Morgan fingerprint density at radius 3 is 2.71 bits per heavy atom. The van der Waals surface area contributed by atoms with Crippen LogP contribution in [0, 0.1) is 5.82 Å². The average molecular weight is 285 g/mol. The number of ether oxygens (including phenoxy) is 1. The number of aromatic nitrogens is 3. The minimum atomic E-state index is -0.521. The molecular formula is C15H12FN3O2. The van der Waals surface area contributed by atoms with E-state index in [9.17, 15) is 9.18 Å². The number of rotatable bonds is 3. The third kappa shape index (κ3) is 2.47. The molecule has 3 aromatic rings. The van der Waals surface area contributed by atoms with Gasteiger partial charge in [0.2, 0.25) is 0 Å². The Hall–Kier alpha value is -2.76. The number of hydrogen-bond acceptors (Lipinski definition) is 4. The van der Waals surface area contributed by atoms with E-state index >= 15 is 0 Å². The van der Waals surface area contributed by atoms with Crippen LogP contribution in [0.1, 0.15) is 16.1 Å². The van der Waals surface area contributed by atoms with Gasteiger partial charge in [-0.05, 0) is 23.8 Å². The van der Waals surface area contributed by atoms with Crippen LogP contribution < -0.4 is 0 Å². The summed E-state index contributed by atoms with van der Waals surface area (Å²) in [4.78, 5) is 19.9. The molecule has 0 spiro atoms. The van der Waals surface area contributed by atoms with Gasteiger partial charge in [0, 0.05) is 12.7 Å². The monoisotopic (exact) mass is 285 g/mol. The maximum atomic E-state index is 12.9. The topological polar surface area (TPSA) is 57.0 Å². The van der Waals surface area contributed by atoms with Crippen molar-refractivity contribution in [3.8, 4) is 0 Å². The maximum Gasteiger partial charge on any atom is 0.359 e. The fourth-order valence-corrected chi connectivity index (χ4v) is 2.15. The summed E-state index contributed by atoms with van der Waals surface area (Å²) in [6.45, 7) is 0.529. The van der Waals surface area contributed by atoms with Crippen molar-refractivity contribution in [3.05, 3.63) is 59.9 Å². The van der Waals surface area contributed by atoms with Crippen molar-refractivity contribution < 1.29 is 13.9 Å². The van der Waals surface area contributed by atoms with Crippen molar-refractivity contribution in [2.75, 3.05) is 7.11 Å². The molecule has 0 radical (unpaired) electrons. The average Bonchev–Trinajstić information content (AvgIpc) is 2.92. The molecule has 3 rings (SSSR count). The number of halogens is 1. The second kappa shape index (κ2) is 5.32. The fourth-order valence-electron chi connectivity index (χ4n) is 2.15. The first-order valence-corrected chi connectivity index (χ1v) is 6.31. The van der Waals surface area contributed by atoms with Crippen LogP contribution in [0.5, 0.6) is 0 Å². The van der Waals surface area contributed by atoms with E-state index in [4.69, 9.17) is 4.74 Å². The van der Waals surface area contributed by atoms with Gasteiger partial charge in [-0.1, -0.05) is 12.1 Å². The van der Waals surface area contributed by atoms with Crippen LogP contribution in [-0.4, -0.2) is 27.6 Å². The molecule has 106 valence electrons. The molecule has 5 nitrogen and oxygen atoms in total. The van der Waals surface area contributed by atoms with Crippen LogP contribution in [0.15, 0.2) is 42.9 Å². The molecule has 0 atom stereocenters. The summed E-state index contributed by atoms with van der Waals surface area (Å²) in [5.74, 6) is -0.793. The molecule has 0 aliphatic carbocycles. The van der Waals surface area contributed by atoms with Crippen molar-refractivity contribution in [2.24, 2.45) is 0 Å². The van der Waals surface area contributed by atoms with E-state index in [-0.39, 0.29) is 11.5 Å². The Morgan fingerprint density at radius 2 is 2.00 bits per heavy atom. The zero-order valence-corrected chi connectivity index (χ0v) is 11.3. The molecule has 0 unspecified atom stereocenters. The van der Waals surface area contributed by atoms with E-state index in [0.29, 0.717) is 12.1 Å². The summed E-state index contributed by atoms with van der Waals surface area (Å²) in [6.07, 6.45) is 3.17. The zero-order valence-electron chi connectivity index (χ0n) is 11.3. The number of nitrogens with zero attached hydrogens (tertiary/aromatic N) is 3. The first-order chi connectivity index (χ1) is 10.2. The molecule has 2 heterocycles. The fraction of sp³-hybridized carbons (Fsp3) is 0.133. The predicted octanol–water partition coefficient (Wildman–Crippen LogP) is 2.41. The summed E-state index contributed by atoms with van der Waals surface area (Å²) < 4.78 is 19.5. The lowest BCUT2D eigenvalue weighted by Gasteiger charge is -2.05. The number of esters is 1. The molecule has 1 aromatic carbocycles. The minimum absolute atomic E-state index is 0.188. The number of fused-ring (bicyclic) bond motifs is 1. The number of hydrogen-bond donors (Lipinski definition) is 0. The van der Waals surface area contributed by atoms with Gasteiger partial charge in [-0.3, -0.25) is 0 Å². The van der Waals surface area contributed by atoms with E-state index in [1.54, 1.807) is 24.5 Å². The molecule has 0 saturated carbocycles. The van der Waals surface area contributed by atoms with E-state index in [0.717, 1.165) is 11.1 Å². The summed E-state index contributed by atoms with van der Waals surface area (Å²) in [6, 6.07) is 8.03. The molecule has 0 saturated heterocycles. The van der Waals surface area contributed by atoms with E-state index in [2.05, 4.69) is 9.97 Å². The maximum absolute atomic E-state index is 12.9. The Kier molecular flexibility index (Phi) is 3.35. The lowest BCUT2D eigenvalue weighted by molar-refractivity contribution is 0.0596. The Labute approximate surface area is 120 Å². The van der Waals surface area contributed by atoms with Crippen LogP contribution in [0.3, 0.4) is 0 Å². The molecule has 0 N–H and O–H groups in total. The van der Waals surface area contributed by atoms with E-state index < -0.39 is 5.97 Å². The number of carbonyl (C=O) groups excluding carboxylic acids is 1. The third-order valence-corrected chi connectivity index (χ3v) is 3.18. The van der Waals surface area contributed by atoms with Gasteiger partial charge < -0.3 is 9.30 Å². The van der Waals surface area contributed by atoms with Gasteiger partial charge in [-0.2, -0.15) is 0 Å². The Balaban J connectivity index is 2.01. The Bertz CT molecular complexity index is 796. The highest BCUT2D eigenvalue weighted by molar-refractivity contribution is 5.99. The predicted molar refractivity (Wildman–Crippen MR) is 74.4 cm³/mol. The van der Waals surface area contributed by atoms with Gasteiger partial charge in [-0.25, -0.2) is 19.2 Å². The number of benzene rings is 1. The second-order valence-electron chi connectivity index (χ2n) is 4.52. The van der Waals surface area contributed by atoms with Gasteiger partial charge in [0.15, 0.2) is 5.69 Å². The van der Waals surface area contributed by atoms with Crippen molar-refractivity contribution in [1.29, 1.82) is 0 Å². The van der Waals surface area contributed by atoms with Crippen LogP contribution in [0.4, 0.5) is 4.39 Å². The first-order valence-electron chi connectivity index (χ1n) is 6.31. The summed E-state index contributed by atoms with van der Waals surface area (Å²) in [7, 11) is 1.30. The lowest BCUT2D eigenvalue weighted by Crippen LogP contribution is -2.05. The molecule has 0 fully saturated rings. The molecule has 0 aliphatic rings. The van der Waals surface area contributed by atoms with Gasteiger partial charge >= 0.3 is 5.97 Å². The number of imidazole rings is 1. The molecule has 0 aliphatic heterocycles. The summed E-state index contributed by atoms with van der Waals surface area (Å²) in [5, 5.41) is 0. The third-order valence-electron chi connectivity index (χ3n) is 3.18. The van der Waals surface area contributed by atoms with Gasteiger partial charge in [-0.15, -0.1) is 0 Å². The summed E-state index contributed by atoms with van der Waals surface area (Å²) >= 11 is 0. The number of carbonyl (C=O) groups is 1. The lowest BCUT2D eigenvalue weighted by atomic mass is 10.2. The molecule has 0 amide bonds. The second-order valence-corrected chi connectivity index (χ2v) is 4.52. The standard InChI is InChI=1S/C15H12FN3O2/c1-21-15(20)14-13-12(6-7-17-14)19(9-18-13)8-10-2-4-11(16)5-3-10/h2-7,9H,8H2,1H3. The van der Waals surface area contributed by atoms with E-state index in [1.165, 1.54) is 25.4 Å². The SMILES string of the molecule is COC(=O)c1nccc2c1ncn2Cc1ccc(F)cc1. The van der Waals surface area contributed by atoms with Crippen molar-refractivity contribution in [2.45, 2.75) is 6.54 Å². The molecule has 6 heteroatoms. The first kappa shape index (κ1) is 13.2. The normalized spacial score (nSPS) is 10.8. The van der Waals surface area contributed by atoms with Crippen LogP contribution >= 0.6 is 0 Å². The smallest absolute Gasteiger partial charge is 0.359 e.